The van der Waals surface area contributed by atoms with Crippen molar-refractivity contribution in [1.29, 1.82) is 0 Å². The van der Waals surface area contributed by atoms with Gasteiger partial charge in [-0.15, -0.1) is 0 Å². The van der Waals surface area contributed by atoms with Crippen LogP contribution in [0.2, 0.25) is 0 Å². The fraction of sp³-hybridized carbons (Fsp3) is 0.381. The number of hydrogen-bond donors (Lipinski definition) is 0. The summed E-state index contributed by atoms with van der Waals surface area (Å²) in [6, 6.07) is 11.5. The van der Waals surface area contributed by atoms with Crippen LogP contribution in [0.15, 0.2) is 41.3 Å². The molecule has 27 heavy (non-hydrogen) atoms. The molecule has 0 saturated carbocycles. The number of anilines is 1. The summed E-state index contributed by atoms with van der Waals surface area (Å²) in [6.45, 7) is 7.33. The fourth-order valence-corrected chi connectivity index (χ4v) is 5.55. The number of para-hydroxylation sites is 1. The maximum Gasteiger partial charge on any atom is 0.243 e. The lowest BCUT2D eigenvalue weighted by atomic mass is 10.1. The smallest absolute Gasteiger partial charge is 0.243 e. The van der Waals surface area contributed by atoms with Crippen LogP contribution >= 0.6 is 0 Å². The number of fused-ring (bicyclic) bond motifs is 1. The van der Waals surface area contributed by atoms with Crippen molar-refractivity contribution < 1.29 is 13.2 Å². The largest absolute Gasteiger partial charge is 0.308 e. The number of likely N-dealkylation sites (N-methyl/N-ethyl adjacent to an activating group) is 1. The van der Waals surface area contributed by atoms with Gasteiger partial charge in [-0.1, -0.05) is 35.9 Å². The minimum atomic E-state index is -3.75. The van der Waals surface area contributed by atoms with Crippen molar-refractivity contribution in [2.24, 2.45) is 0 Å². The minimum Gasteiger partial charge on any atom is -0.308 e. The molecule has 0 saturated heterocycles. The maximum absolute atomic E-state index is 13.1. The first-order valence-electron chi connectivity index (χ1n) is 9.07. The molecule has 144 valence electrons. The molecular formula is C21H26N2O3S. The number of carbonyl (C=O) groups excluding carboxylic acids is 1. The molecule has 0 unspecified atom stereocenters. The second-order valence-corrected chi connectivity index (χ2v) is 9.42. The Balaban J connectivity index is 1.87. The summed E-state index contributed by atoms with van der Waals surface area (Å²) in [5.41, 5.74) is 4.42. The molecule has 0 spiro atoms. The van der Waals surface area contributed by atoms with Gasteiger partial charge in [-0.3, -0.25) is 4.79 Å². The normalized spacial score (nSPS) is 16.7. The van der Waals surface area contributed by atoms with Gasteiger partial charge >= 0.3 is 0 Å². The topological polar surface area (TPSA) is 57.7 Å². The summed E-state index contributed by atoms with van der Waals surface area (Å²) < 4.78 is 27.4. The summed E-state index contributed by atoms with van der Waals surface area (Å²) in [6.07, 6.45) is 0.786. The molecule has 0 aliphatic carbocycles. The number of nitrogens with zero attached hydrogens (tertiary/aromatic N) is 2. The van der Waals surface area contributed by atoms with Gasteiger partial charge in [0.2, 0.25) is 15.9 Å². The predicted octanol–water partition coefficient (Wildman–Crippen LogP) is 3.21. The van der Waals surface area contributed by atoms with Gasteiger partial charge in [-0.2, -0.15) is 4.31 Å². The van der Waals surface area contributed by atoms with E-state index in [1.807, 2.05) is 50.2 Å². The van der Waals surface area contributed by atoms with Crippen molar-refractivity contribution in [2.45, 2.75) is 45.1 Å². The van der Waals surface area contributed by atoms with Crippen LogP contribution in [0.4, 0.5) is 5.69 Å². The van der Waals surface area contributed by atoms with Crippen LogP contribution in [0, 0.1) is 20.8 Å². The maximum atomic E-state index is 13.1. The lowest BCUT2D eigenvalue weighted by Crippen LogP contribution is -2.43. The number of hydrogen-bond acceptors (Lipinski definition) is 3. The Hall–Kier alpha value is -2.18. The van der Waals surface area contributed by atoms with Gasteiger partial charge in [0.05, 0.1) is 11.4 Å². The van der Waals surface area contributed by atoms with Gasteiger partial charge in [-0.25, -0.2) is 8.42 Å². The first-order valence-corrected chi connectivity index (χ1v) is 10.5. The molecule has 2 aromatic carbocycles. The third-order valence-corrected chi connectivity index (χ3v) is 7.22. The molecule has 1 atom stereocenters. The average Bonchev–Trinajstić information content (AvgIpc) is 2.89. The van der Waals surface area contributed by atoms with Crippen LogP contribution in [0.1, 0.15) is 29.2 Å². The summed E-state index contributed by atoms with van der Waals surface area (Å²) in [7, 11) is -2.28. The Morgan fingerprint density at radius 2 is 1.74 bits per heavy atom. The standard InChI is InChI=1S/C21H26N2O3S/c1-14-10-15(2)21(16(3)11-14)27(25,26)22(5)13-20(24)23-17(4)12-18-8-6-7-9-19(18)23/h6-11,17H,12-13H2,1-5H3/t17-/m1/s1. The molecule has 0 bridgehead atoms. The lowest BCUT2D eigenvalue weighted by molar-refractivity contribution is -0.118. The van der Waals surface area contributed by atoms with E-state index in [0.717, 1.165) is 27.5 Å². The molecule has 2 aromatic rings. The third kappa shape index (κ3) is 3.51. The van der Waals surface area contributed by atoms with E-state index in [2.05, 4.69) is 0 Å². The molecule has 1 aliphatic rings. The van der Waals surface area contributed by atoms with E-state index < -0.39 is 10.0 Å². The first kappa shape index (κ1) is 19.6. The Labute approximate surface area is 161 Å². The molecule has 0 fully saturated rings. The van der Waals surface area contributed by atoms with Crippen molar-refractivity contribution in [3.63, 3.8) is 0 Å². The average molecular weight is 387 g/mol. The van der Waals surface area contributed by atoms with Gasteiger partial charge in [0.15, 0.2) is 0 Å². The van der Waals surface area contributed by atoms with Crippen LogP contribution in [0.5, 0.6) is 0 Å². The minimum absolute atomic E-state index is 0.0221. The van der Waals surface area contributed by atoms with Crippen LogP contribution in [-0.2, 0) is 21.2 Å². The van der Waals surface area contributed by atoms with Crippen molar-refractivity contribution in [3.05, 3.63) is 58.7 Å². The Bertz CT molecular complexity index is 975. The molecule has 1 aliphatic heterocycles. The van der Waals surface area contributed by atoms with E-state index in [0.29, 0.717) is 16.0 Å². The Morgan fingerprint density at radius 3 is 2.37 bits per heavy atom. The SMILES string of the molecule is Cc1cc(C)c(S(=O)(=O)N(C)CC(=O)N2c3ccccc3C[C@H]2C)c(C)c1. The number of amides is 1. The summed E-state index contributed by atoms with van der Waals surface area (Å²) in [4.78, 5) is 15.0. The Morgan fingerprint density at radius 1 is 1.15 bits per heavy atom. The summed E-state index contributed by atoms with van der Waals surface area (Å²) in [5, 5.41) is 0. The monoisotopic (exact) mass is 386 g/mol. The number of rotatable bonds is 4. The molecule has 6 heteroatoms. The van der Waals surface area contributed by atoms with Gasteiger partial charge in [0.25, 0.3) is 0 Å². The number of aryl methyl sites for hydroxylation is 3. The molecule has 0 radical (unpaired) electrons. The number of carbonyl (C=O) groups is 1. The number of sulfonamides is 1. The van der Waals surface area contributed by atoms with Crippen molar-refractivity contribution >= 4 is 21.6 Å². The molecule has 1 amide bonds. The number of benzene rings is 2. The highest BCUT2D eigenvalue weighted by Crippen LogP contribution is 2.32. The van der Waals surface area contributed by atoms with Gasteiger partial charge in [0.1, 0.15) is 0 Å². The fourth-order valence-electron chi connectivity index (χ4n) is 4.03. The molecule has 1 heterocycles. The van der Waals surface area contributed by atoms with E-state index in [1.165, 1.54) is 7.05 Å². The first-order chi connectivity index (χ1) is 12.6. The summed E-state index contributed by atoms with van der Waals surface area (Å²) >= 11 is 0. The summed E-state index contributed by atoms with van der Waals surface area (Å²) in [5.74, 6) is -0.207. The van der Waals surface area contributed by atoms with E-state index in [9.17, 15) is 13.2 Å². The molecule has 5 nitrogen and oxygen atoms in total. The zero-order valence-corrected chi connectivity index (χ0v) is 17.3. The van der Waals surface area contributed by atoms with E-state index in [4.69, 9.17) is 0 Å². The molecule has 0 aromatic heterocycles. The van der Waals surface area contributed by atoms with Crippen molar-refractivity contribution in [3.8, 4) is 0 Å². The second-order valence-electron chi connectivity index (χ2n) is 7.43. The highest BCUT2D eigenvalue weighted by Gasteiger charge is 2.33. The lowest BCUT2D eigenvalue weighted by Gasteiger charge is -2.26. The molecule has 3 rings (SSSR count). The second kappa shape index (κ2) is 7.09. The highest BCUT2D eigenvalue weighted by molar-refractivity contribution is 7.89. The third-order valence-electron chi connectivity index (χ3n) is 5.11. The zero-order chi connectivity index (χ0) is 19.9. The van der Waals surface area contributed by atoms with Crippen LogP contribution in [0.3, 0.4) is 0 Å². The van der Waals surface area contributed by atoms with Crippen LogP contribution in [-0.4, -0.2) is 38.3 Å². The van der Waals surface area contributed by atoms with Gasteiger partial charge < -0.3 is 4.90 Å². The Kier molecular flexibility index (Phi) is 5.14. The van der Waals surface area contributed by atoms with E-state index in [-0.39, 0.29) is 18.5 Å². The van der Waals surface area contributed by atoms with Crippen molar-refractivity contribution in [1.82, 2.24) is 4.31 Å². The van der Waals surface area contributed by atoms with Gasteiger partial charge in [0, 0.05) is 18.8 Å². The molecule has 0 N–H and O–H groups in total. The van der Waals surface area contributed by atoms with Gasteiger partial charge in [-0.05, 0) is 56.9 Å². The molecular weight excluding hydrogens is 360 g/mol. The van der Waals surface area contributed by atoms with Crippen molar-refractivity contribution in [2.75, 3.05) is 18.5 Å². The van der Waals surface area contributed by atoms with E-state index in [1.54, 1.807) is 18.7 Å². The van der Waals surface area contributed by atoms with Crippen LogP contribution < -0.4 is 4.90 Å². The van der Waals surface area contributed by atoms with E-state index >= 15 is 0 Å². The zero-order valence-electron chi connectivity index (χ0n) is 16.5. The predicted molar refractivity (Wildman–Crippen MR) is 108 cm³/mol. The quantitative estimate of drug-likeness (QED) is 0.811. The highest BCUT2D eigenvalue weighted by atomic mass is 32.2. The van der Waals surface area contributed by atoms with Crippen LogP contribution in [0.25, 0.3) is 0 Å².